The van der Waals surface area contributed by atoms with E-state index in [1.165, 1.54) is 0 Å². The lowest BCUT2D eigenvalue weighted by atomic mass is 9.96. The van der Waals surface area contributed by atoms with Crippen molar-refractivity contribution in [2.45, 2.75) is 26.0 Å². The third-order valence-electron chi connectivity index (χ3n) is 4.03. The van der Waals surface area contributed by atoms with Crippen molar-refractivity contribution in [1.29, 1.82) is 0 Å². The molecular formula is C16H20N4O2. The van der Waals surface area contributed by atoms with Crippen LogP contribution in [0.4, 0.5) is 0 Å². The number of rotatable bonds is 4. The molecule has 1 fully saturated rings. The maximum absolute atomic E-state index is 12.5. The van der Waals surface area contributed by atoms with Crippen molar-refractivity contribution in [2.24, 2.45) is 13.0 Å². The van der Waals surface area contributed by atoms with Gasteiger partial charge < -0.3 is 10.1 Å². The normalized spacial score (nSPS) is 21.0. The van der Waals surface area contributed by atoms with Gasteiger partial charge in [-0.25, -0.2) is 0 Å². The summed E-state index contributed by atoms with van der Waals surface area (Å²) in [5.41, 5.74) is 2.93. The van der Waals surface area contributed by atoms with Crippen molar-refractivity contribution in [3.8, 4) is 0 Å². The van der Waals surface area contributed by atoms with Crippen LogP contribution in [0.1, 0.15) is 29.3 Å². The van der Waals surface area contributed by atoms with Crippen molar-refractivity contribution in [3.05, 3.63) is 47.5 Å². The molecule has 3 heterocycles. The number of hydrogen-bond donors (Lipinski definition) is 1. The Morgan fingerprint density at radius 1 is 1.55 bits per heavy atom. The molecule has 0 unspecified atom stereocenters. The predicted octanol–water partition coefficient (Wildman–Crippen LogP) is 1.52. The van der Waals surface area contributed by atoms with E-state index in [1.54, 1.807) is 17.1 Å². The van der Waals surface area contributed by atoms with Crippen LogP contribution in [0.15, 0.2) is 30.7 Å². The SMILES string of the molecule is Cc1cccnc1CNC(=O)[C@H]1CCO[C@@H]1c1cnn(C)c1. The van der Waals surface area contributed by atoms with Gasteiger partial charge in [-0.15, -0.1) is 0 Å². The third kappa shape index (κ3) is 3.01. The van der Waals surface area contributed by atoms with Crippen molar-refractivity contribution in [2.75, 3.05) is 6.61 Å². The molecule has 116 valence electrons. The molecule has 2 atom stereocenters. The smallest absolute Gasteiger partial charge is 0.226 e. The van der Waals surface area contributed by atoms with Crippen molar-refractivity contribution >= 4 is 5.91 Å². The fraction of sp³-hybridized carbons (Fsp3) is 0.438. The molecule has 0 aliphatic carbocycles. The topological polar surface area (TPSA) is 69.0 Å². The first kappa shape index (κ1) is 14.7. The average molecular weight is 300 g/mol. The quantitative estimate of drug-likeness (QED) is 0.929. The summed E-state index contributed by atoms with van der Waals surface area (Å²) >= 11 is 0. The van der Waals surface area contributed by atoms with Crippen LogP contribution in [-0.4, -0.2) is 27.3 Å². The number of amides is 1. The molecule has 0 saturated carbocycles. The van der Waals surface area contributed by atoms with Crippen LogP contribution in [0.2, 0.25) is 0 Å². The Bertz CT molecular complexity index is 668. The third-order valence-corrected chi connectivity index (χ3v) is 4.03. The van der Waals surface area contributed by atoms with Gasteiger partial charge in [-0.1, -0.05) is 6.07 Å². The molecular weight excluding hydrogens is 280 g/mol. The van der Waals surface area contributed by atoms with E-state index in [0.29, 0.717) is 13.2 Å². The van der Waals surface area contributed by atoms with Crippen LogP contribution in [0.3, 0.4) is 0 Å². The number of nitrogens with one attached hydrogen (secondary N) is 1. The highest BCUT2D eigenvalue weighted by Gasteiger charge is 2.35. The van der Waals surface area contributed by atoms with Gasteiger partial charge in [-0.05, 0) is 25.0 Å². The van der Waals surface area contributed by atoms with E-state index >= 15 is 0 Å². The van der Waals surface area contributed by atoms with Gasteiger partial charge in [-0.3, -0.25) is 14.5 Å². The Kier molecular flexibility index (Phi) is 4.20. The van der Waals surface area contributed by atoms with E-state index < -0.39 is 0 Å². The minimum absolute atomic E-state index is 0.0106. The number of ether oxygens (including phenoxy) is 1. The maximum Gasteiger partial charge on any atom is 0.226 e. The lowest BCUT2D eigenvalue weighted by molar-refractivity contribution is -0.127. The van der Waals surface area contributed by atoms with E-state index in [9.17, 15) is 4.79 Å². The molecule has 0 radical (unpaired) electrons. The molecule has 22 heavy (non-hydrogen) atoms. The summed E-state index contributed by atoms with van der Waals surface area (Å²) in [6.45, 7) is 3.04. The van der Waals surface area contributed by atoms with E-state index in [4.69, 9.17) is 4.74 Å². The van der Waals surface area contributed by atoms with E-state index in [2.05, 4.69) is 15.4 Å². The number of hydrogen-bond acceptors (Lipinski definition) is 4. The zero-order valence-electron chi connectivity index (χ0n) is 12.8. The molecule has 0 spiro atoms. The predicted molar refractivity (Wildman–Crippen MR) is 80.8 cm³/mol. The molecule has 6 heteroatoms. The highest BCUT2D eigenvalue weighted by atomic mass is 16.5. The van der Waals surface area contributed by atoms with Gasteiger partial charge in [-0.2, -0.15) is 5.10 Å². The van der Waals surface area contributed by atoms with Crippen LogP contribution in [-0.2, 0) is 23.1 Å². The average Bonchev–Trinajstić information content (AvgIpc) is 3.14. The van der Waals surface area contributed by atoms with E-state index in [-0.39, 0.29) is 17.9 Å². The first-order chi connectivity index (χ1) is 10.6. The standard InChI is InChI=1S/C16H20N4O2/c1-11-4-3-6-17-14(11)9-18-16(21)13-5-7-22-15(13)12-8-19-20(2)10-12/h3-4,6,8,10,13,15H,5,7,9H2,1-2H3,(H,18,21)/t13-,15+/m0/s1. The van der Waals surface area contributed by atoms with Gasteiger partial charge in [0.25, 0.3) is 0 Å². The highest BCUT2D eigenvalue weighted by molar-refractivity contribution is 5.79. The molecule has 3 rings (SSSR count). The highest BCUT2D eigenvalue weighted by Crippen LogP contribution is 2.34. The van der Waals surface area contributed by atoms with Crippen LogP contribution in [0.25, 0.3) is 0 Å². The molecule has 0 aromatic carbocycles. The fourth-order valence-electron chi connectivity index (χ4n) is 2.78. The Morgan fingerprint density at radius 3 is 3.14 bits per heavy atom. The molecule has 1 saturated heterocycles. The number of aromatic nitrogens is 3. The Balaban J connectivity index is 1.65. The second-order valence-electron chi connectivity index (χ2n) is 5.62. The Labute approximate surface area is 129 Å². The first-order valence-electron chi connectivity index (χ1n) is 7.43. The summed E-state index contributed by atoms with van der Waals surface area (Å²) in [4.78, 5) is 16.8. The van der Waals surface area contributed by atoms with E-state index in [0.717, 1.165) is 23.2 Å². The summed E-state index contributed by atoms with van der Waals surface area (Å²) < 4.78 is 7.46. The summed E-state index contributed by atoms with van der Waals surface area (Å²) in [5, 5.41) is 7.13. The molecule has 1 amide bonds. The number of carbonyl (C=O) groups is 1. The summed E-state index contributed by atoms with van der Waals surface area (Å²) in [6, 6.07) is 3.88. The summed E-state index contributed by atoms with van der Waals surface area (Å²) in [6.07, 6.45) is 5.93. The number of pyridine rings is 1. The van der Waals surface area contributed by atoms with Crippen molar-refractivity contribution in [1.82, 2.24) is 20.1 Å². The second-order valence-corrected chi connectivity index (χ2v) is 5.62. The summed E-state index contributed by atoms with van der Waals surface area (Å²) in [5.74, 6) is -0.162. The number of carbonyl (C=O) groups excluding carboxylic acids is 1. The Hall–Kier alpha value is -2.21. The first-order valence-corrected chi connectivity index (χ1v) is 7.43. The minimum atomic E-state index is -0.210. The lowest BCUT2D eigenvalue weighted by Crippen LogP contribution is -2.32. The van der Waals surface area contributed by atoms with Gasteiger partial charge in [0.05, 0.1) is 30.5 Å². The second kappa shape index (κ2) is 6.27. The fourth-order valence-corrected chi connectivity index (χ4v) is 2.78. The van der Waals surface area contributed by atoms with Crippen molar-refractivity contribution in [3.63, 3.8) is 0 Å². The number of nitrogens with zero attached hydrogens (tertiary/aromatic N) is 3. The molecule has 1 aliphatic rings. The zero-order valence-corrected chi connectivity index (χ0v) is 12.8. The van der Waals surface area contributed by atoms with Crippen molar-refractivity contribution < 1.29 is 9.53 Å². The van der Waals surface area contributed by atoms with Crippen LogP contribution < -0.4 is 5.32 Å². The van der Waals surface area contributed by atoms with Crippen LogP contribution >= 0.6 is 0 Å². The molecule has 6 nitrogen and oxygen atoms in total. The monoisotopic (exact) mass is 300 g/mol. The molecule has 2 aromatic heterocycles. The van der Waals surface area contributed by atoms with Crippen LogP contribution in [0, 0.1) is 12.8 Å². The summed E-state index contributed by atoms with van der Waals surface area (Å²) in [7, 11) is 1.86. The molecule has 1 aliphatic heterocycles. The minimum Gasteiger partial charge on any atom is -0.373 e. The van der Waals surface area contributed by atoms with E-state index in [1.807, 2.05) is 32.3 Å². The largest absolute Gasteiger partial charge is 0.373 e. The van der Waals surface area contributed by atoms with Gasteiger partial charge in [0, 0.05) is 31.6 Å². The van der Waals surface area contributed by atoms with Gasteiger partial charge >= 0.3 is 0 Å². The zero-order chi connectivity index (χ0) is 15.5. The number of aryl methyl sites for hydroxylation is 2. The molecule has 2 aromatic rings. The molecule has 1 N–H and O–H groups in total. The maximum atomic E-state index is 12.5. The van der Waals surface area contributed by atoms with Crippen LogP contribution in [0.5, 0.6) is 0 Å². The Morgan fingerprint density at radius 2 is 2.41 bits per heavy atom. The lowest BCUT2D eigenvalue weighted by Gasteiger charge is -2.17. The van der Waals surface area contributed by atoms with Gasteiger partial charge in [0.2, 0.25) is 5.91 Å². The van der Waals surface area contributed by atoms with Gasteiger partial charge in [0.15, 0.2) is 0 Å². The molecule has 0 bridgehead atoms. The van der Waals surface area contributed by atoms with Gasteiger partial charge in [0.1, 0.15) is 0 Å².